The lowest BCUT2D eigenvalue weighted by Crippen LogP contribution is -2.31. The van der Waals surface area contributed by atoms with Crippen LogP contribution < -0.4 is 10.1 Å². The summed E-state index contributed by atoms with van der Waals surface area (Å²) in [6.07, 6.45) is 0.403. The molecule has 1 atom stereocenters. The van der Waals surface area contributed by atoms with Crippen LogP contribution in [0.5, 0.6) is 5.75 Å². The molecule has 0 saturated carbocycles. The molecule has 2 aromatic rings. The third kappa shape index (κ3) is 4.82. The molecule has 0 radical (unpaired) electrons. The van der Waals surface area contributed by atoms with Crippen LogP contribution in [0, 0.1) is 5.92 Å². The van der Waals surface area contributed by atoms with E-state index in [0.717, 1.165) is 11.1 Å². The monoisotopic (exact) mass is 359 g/mol. The molecule has 1 saturated heterocycles. The number of para-hydroxylation sites is 1. The largest absolute Gasteiger partial charge is 0.489 e. The summed E-state index contributed by atoms with van der Waals surface area (Å²) >= 11 is 0. The summed E-state index contributed by atoms with van der Waals surface area (Å²) in [4.78, 5) is 12.2. The predicted octanol–water partition coefficient (Wildman–Crippen LogP) is 2.32. The molecule has 1 aliphatic heterocycles. The van der Waals surface area contributed by atoms with E-state index in [2.05, 4.69) is 5.32 Å². The van der Waals surface area contributed by atoms with Crippen LogP contribution in [0.1, 0.15) is 17.5 Å². The second-order valence-electron chi connectivity index (χ2n) is 6.20. The Hall–Kier alpha value is -2.34. The number of hydrogen-bond donors (Lipinski definition) is 1. The highest BCUT2D eigenvalue weighted by Gasteiger charge is 2.32. The molecule has 0 unspecified atom stereocenters. The summed E-state index contributed by atoms with van der Waals surface area (Å²) in [5.74, 6) is 0.111. The highest BCUT2D eigenvalue weighted by Crippen LogP contribution is 2.21. The highest BCUT2D eigenvalue weighted by molar-refractivity contribution is 7.91. The van der Waals surface area contributed by atoms with Crippen molar-refractivity contribution in [2.75, 3.05) is 11.5 Å². The van der Waals surface area contributed by atoms with Crippen LogP contribution in [0.15, 0.2) is 54.6 Å². The van der Waals surface area contributed by atoms with Crippen molar-refractivity contribution in [1.82, 2.24) is 5.32 Å². The van der Waals surface area contributed by atoms with Crippen LogP contribution in [0.2, 0.25) is 0 Å². The number of rotatable bonds is 6. The Morgan fingerprint density at radius 2 is 1.80 bits per heavy atom. The number of benzene rings is 2. The molecule has 132 valence electrons. The fourth-order valence-electron chi connectivity index (χ4n) is 2.85. The zero-order valence-corrected chi connectivity index (χ0v) is 14.7. The van der Waals surface area contributed by atoms with Crippen molar-refractivity contribution >= 4 is 15.7 Å². The van der Waals surface area contributed by atoms with Crippen LogP contribution in [0.25, 0.3) is 0 Å². The molecular weight excluding hydrogens is 338 g/mol. The van der Waals surface area contributed by atoms with Gasteiger partial charge in [0.05, 0.1) is 17.4 Å². The molecule has 1 amide bonds. The Balaban J connectivity index is 1.58. The van der Waals surface area contributed by atoms with Crippen LogP contribution in [-0.4, -0.2) is 25.8 Å². The Kier molecular flexibility index (Phi) is 5.38. The third-order valence-corrected chi connectivity index (χ3v) is 6.03. The maximum atomic E-state index is 12.2. The molecule has 5 nitrogen and oxygen atoms in total. The molecule has 3 rings (SSSR count). The molecular formula is C19H21NO4S. The van der Waals surface area contributed by atoms with E-state index in [1.807, 2.05) is 54.6 Å². The van der Waals surface area contributed by atoms with Gasteiger partial charge < -0.3 is 10.1 Å². The van der Waals surface area contributed by atoms with Crippen LogP contribution in [0.3, 0.4) is 0 Å². The zero-order chi connectivity index (χ0) is 17.7. The molecule has 25 heavy (non-hydrogen) atoms. The van der Waals surface area contributed by atoms with Gasteiger partial charge in [-0.25, -0.2) is 8.42 Å². The van der Waals surface area contributed by atoms with Gasteiger partial charge in [-0.15, -0.1) is 0 Å². The van der Waals surface area contributed by atoms with Gasteiger partial charge in [0.25, 0.3) is 0 Å². The van der Waals surface area contributed by atoms with Crippen molar-refractivity contribution in [3.05, 3.63) is 65.7 Å². The molecule has 2 aromatic carbocycles. The van der Waals surface area contributed by atoms with Gasteiger partial charge in [-0.1, -0.05) is 48.5 Å². The minimum atomic E-state index is -3.06. The topological polar surface area (TPSA) is 72.5 Å². The number of ether oxygens (including phenoxy) is 1. The Labute approximate surface area is 147 Å². The van der Waals surface area contributed by atoms with E-state index in [0.29, 0.717) is 25.3 Å². The fraction of sp³-hybridized carbons (Fsp3) is 0.316. The maximum absolute atomic E-state index is 12.2. The molecule has 1 fully saturated rings. The van der Waals surface area contributed by atoms with E-state index in [9.17, 15) is 13.2 Å². The maximum Gasteiger partial charge on any atom is 0.224 e. The number of hydrogen-bond acceptors (Lipinski definition) is 4. The van der Waals surface area contributed by atoms with E-state index in [1.54, 1.807) is 0 Å². The van der Waals surface area contributed by atoms with Crippen molar-refractivity contribution in [2.45, 2.75) is 19.6 Å². The molecule has 0 aromatic heterocycles. The van der Waals surface area contributed by atoms with Crippen molar-refractivity contribution in [1.29, 1.82) is 0 Å². The van der Waals surface area contributed by atoms with Gasteiger partial charge >= 0.3 is 0 Å². The summed E-state index contributed by atoms with van der Waals surface area (Å²) < 4.78 is 28.9. The van der Waals surface area contributed by atoms with Crippen LogP contribution in [-0.2, 0) is 27.8 Å². The van der Waals surface area contributed by atoms with E-state index >= 15 is 0 Å². The summed E-state index contributed by atoms with van der Waals surface area (Å²) in [5, 5.41) is 2.83. The summed E-state index contributed by atoms with van der Waals surface area (Å²) in [6, 6.07) is 17.4. The van der Waals surface area contributed by atoms with Crippen molar-refractivity contribution < 1.29 is 17.9 Å². The molecule has 1 aliphatic rings. The number of nitrogens with one attached hydrogen (secondary N) is 1. The molecule has 0 aliphatic carbocycles. The third-order valence-electron chi connectivity index (χ3n) is 4.27. The van der Waals surface area contributed by atoms with Crippen molar-refractivity contribution in [3.63, 3.8) is 0 Å². The molecule has 1 N–H and O–H groups in total. The lowest BCUT2D eigenvalue weighted by atomic mass is 10.1. The van der Waals surface area contributed by atoms with Gasteiger partial charge in [0, 0.05) is 12.1 Å². The van der Waals surface area contributed by atoms with Gasteiger partial charge in [0.15, 0.2) is 9.84 Å². The first-order valence-corrected chi connectivity index (χ1v) is 10.1. The second kappa shape index (κ2) is 7.70. The number of carbonyl (C=O) groups is 1. The van der Waals surface area contributed by atoms with Crippen molar-refractivity contribution in [3.8, 4) is 5.75 Å². The molecule has 1 heterocycles. The molecule has 0 spiro atoms. The van der Waals surface area contributed by atoms with E-state index in [4.69, 9.17) is 4.74 Å². The van der Waals surface area contributed by atoms with Gasteiger partial charge in [0.1, 0.15) is 12.4 Å². The van der Waals surface area contributed by atoms with E-state index in [1.165, 1.54) is 0 Å². The molecule has 0 bridgehead atoms. The van der Waals surface area contributed by atoms with E-state index in [-0.39, 0.29) is 17.4 Å². The average Bonchev–Trinajstić information content (AvgIpc) is 2.99. The van der Waals surface area contributed by atoms with E-state index < -0.39 is 15.8 Å². The Morgan fingerprint density at radius 1 is 1.08 bits per heavy atom. The SMILES string of the molecule is O=C(NCc1ccccc1OCc1ccccc1)[C@H]1CCS(=O)(=O)C1. The first kappa shape index (κ1) is 17.5. The predicted molar refractivity (Wildman–Crippen MR) is 95.8 cm³/mol. The zero-order valence-electron chi connectivity index (χ0n) is 13.9. The lowest BCUT2D eigenvalue weighted by Gasteiger charge is -2.14. The summed E-state index contributed by atoms with van der Waals surface area (Å²) in [6.45, 7) is 0.771. The summed E-state index contributed by atoms with van der Waals surface area (Å²) in [7, 11) is -3.06. The number of carbonyl (C=O) groups excluding carboxylic acids is 1. The van der Waals surface area contributed by atoms with Gasteiger partial charge in [-0.3, -0.25) is 4.79 Å². The summed E-state index contributed by atoms with van der Waals surface area (Å²) in [5.41, 5.74) is 1.94. The molecule has 6 heteroatoms. The van der Waals surface area contributed by atoms with Crippen LogP contribution >= 0.6 is 0 Å². The van der Waals surface area contributed by atoms with Crippen LogP contribution in [0.4, 0.5) is 0 Å². The quantitative estimate of drug-likeness (QED) is 0.859. The van der Waals surface area contributed by atoms with Gasteiger partial charge in [-0.2, -0.15) is 0 Å². The first-order chi connectivity index (χ1) is 12.0. The standard InChI is InChI=1S/C19H21NO4S/c21-19(17-10-11-25(22,23)14-17)20-12-16-8-4-5-9-18(16)24-13-15-6-2-1-3-7-15/h1-9,17H,10-14H2,(H,20,21)/t17-/m0/s1. The second-order valence-corrected chi connectivity index (χ2v) is 8.43. The fourth-order valence-corrected chi connectivity index (χ4v) is 4.60. The average molecular weight is 359 g/mol. The normalized spacial score (nSPS) is 18.6. The minimum absolute atomic E-state index is 0.0506. The smallest absolute Gasteiger partial charge is 0.224 e. The number of sulfone groups is 1. The Morgan fingerprint density at radius 3 is 2.52 bits per heavy atom. The Bertz CT molecular complexity index is 834. The van der Waals surface area contributed by atoms with Gasteiger partial charge in [-0.05, 0) is 18.1 Å². The van der Waals surface area contributed by atoms with Gasteiger partial charge in [0.2, 0.25) is 5.91 Å². The lowest BCUT2D eigenvalue weighted by molar-refractivity contribution is -0.124. The first-order valence-electron chi connectivity index (χ1n) is 8.26. The highest BCUT2D eigenvalue weighted by atomic mass is 32.2. The number of amides is 1. The van der Waals surface area contributed by atoms with Crippen molar-refractivity contribution in [2.24, 2.45) is 5.92 Å². The minimum Gasteiger partial charge on any atom is -0.489 e.